The number of rotatable bonds is 7. The van der Waals surface area contributed by atoms with E-state index in [1.165, 1.54) is 11.6 Å². The molecule has 0 aliphatic carbocycles. The van der Waals surface area contributed by atoms with Crippen LogP contribution in [0.4, 0.5) is 4.39 Å². The van der Waals surface area contributed by atoms with Crippen molar-refractivity contribution in [2.75, 3.05) is 13.1 Å². The van der Waals surface area contributed by atoms with Crippen molar-refractivity contribution >= 4 is 15.9 Å². The summed E-state index contributed by atoms with van der Waals surface area (Å²) in [5, 5.41) is 3.51. The maximum Gasteiger partial charge on any atom is 0.137 e. The number of hydrogen-bond donors (Lipinski definition) is 1. The molecular weight excluding hydrogens is 305 g/mol. The number of hydrogen-bond acceptors (Lipinski definition) is 1. The first-order chi connectivity index (χ1) is 8.80. The Morgan fingerprint density at radius 2 is 2.00 bits per heavy atom. The van der Waals surface area contributed by atoms with Gasteiger partial charge in [-0.2, -0.15) is 0 Å². The van der Waals surface area contributed by atoms with Gasteiger partial charge in [-0.25, -0.2) is 4.39 Å². The van der Waals surface area contributed by atoms with Crippen molar-refractivity contribution in [1.82, 2.24) is 5.32 Å². The van der Waals surface area contributed by atoms with Gasteiger partial charge in [0.1, 0.15) is 5.82 Å². The molecule has 3 heteroatoms. The van der Waals surface area contributed by atoms with Crippen molar-refractivity contribution in [3.05, 3.63) is 34.1 Å². The lowest BCUT2D eigenvalue weighted by Crippen LogP contribution is -2.32. The van der Waals surface area contributed by atoms with E-state index in [0.717, 1.165) is 25.9 Å². The lowest BCUT2D eigenvalue weighted by Gasteiger charge is -2.25. The van der Waals surface area contributed by atoms with Gasteiger partial charge in [-0.15, -0.1) is 0 Å². The van der Waals surface area contributed by atoms with Crippen LogP contribution < -0.4 is 5.32 Å². The van der Waals surface area contributed by atoms with Crippen molar-refractivity contribution < 1.29 is 4.39 Å². The Kier molecular flexibility index (Phi) is 6.48. The predicted molar refractivity (Wildman–Crippen MR) is 83.9 cm³/mol. The van der Waals surface area contributed by atoms with Crippen LogP contribution in [0.5, 0.6) is 0 Å². The van der Waals surface area contributed by atoms with Gasteiger partial charge in [-0.1, -0.05) is 33.8 Å². The third-order valence-electron chi connectivity index (χ3n) is 3.23. The fourth-order valence-electron chi connectivity index (χ4n) is 1.97. The van der Waals surface area contributed by atoms with Gasteiger partial charge in [0.05, 0.1) is 4.47 Å². The first-order valence-electron chi connectivity index (χ1n) is 6.95. The van der Waals surface area contributed by atoms with Crippen LogP contribution in [0.15, 0.2) is 22.7 Å². The van der Waals surface area contributed by atoms with Gasteiger partial charge in [-0.3, -0.25) is 0 Å². The van der Waals surface area contributed by atoms with Crippen LogP contribution in [0, 0.1) is 17.2 Å². The summed E-state index contributed by atoms with van der Waals surface area (Å²) in [7, 11) is 0. The smallest absolute Gasteiger partial charge is 0.137 e. The molecule has 0 aromatic heterocycles. The number of aryl methyl sites for hydroxylation is 1. The Morgan fingerprint density at radius 3 is 2.58 bits per heavy atom. The highest BCUT2D eigenvalue weighted by molar-refractivity contribution is 9.10. The SMILES string of the molecule is CC(C)CNCC(C)(C)CCc1ccc(F)c(Br)c1. The zero-order chi connectivity index (χ0) is 14.5. The van der Waals surface area contributed by atoms with Crippen molar-refractivity contribution in [1.29, 1.82) is 0 Å². The average molecular weight is 330 g/mol. The fraction of sp³-hybridized carbons (Fsp3) is 0.625. The molecule has 0 saturated carbocycles. The molecule has 0 fully saturated rings. The zero-order valence-electron chi connectivity index (χ0n) is 12.4. The lowest BCUT2D eigenvalue weighted by atomic mass is 9.86. The van der Waals surface area contributed by atoms with Crippen molar-refractivity contribution in [3.8, 4) is 0 Å². The van der Waals surface area contributed by atoms with E-state index in [-0.39, 0.29) is 11.2 Å². The molecule has 1 N–H and O–H groups in total. The minimum atomic E-state index is -0.193. The van der Waals surface area contributed by atoms with Crippen LogP contribution in [0.3, 0.4) is 0 Å². The molecule has 0 amide bonds. The van der Waals surface area contributed by atoms with Crippen molar-refractivity contribution in [2.24, 2.45) is 11.3 Å². The van der Waals surface area contributed by atoms with E-state index in [4.69, 9.17) is 0 Å². The van der Waals surface area contributed by atoms with E-state index < -0.39 is 0 Å². The molecule has 0 aliphatic heterocycles. The van der Waals surface area contributed by atoms with Crippen molar-refractivity contribution in [3.63, 3.8) is 0 Å². The molecule has 0 unspecified atom stereocenters. The van der Waals surface area contributed by atoms with E-state index in [9.17, 15) is 4.39 Å². The molecule has 1 aromatic rings. The molecule has 1 aromatic carbocycles. The molecular formula is C16H25BrFN. The molecule has 108 valence electrons. The van der Waals surface area contributed by atoms with Gasteiger partial charge >= 0.3 is 0 Å². The second-order valence-electron chi connectivity index (χ2n) is 6.44. The largest absolute Gasteiger partial charge is 0.316 e. The Morgan fingerprint density at radius 1 is 1.32 bits per heavy atom. The highest BCUT2D eigenvalue weighted by Crippen LogP contribution is 2.24. The Hall–Kier alpha value is -0.410. The summed E-state index contributed by atoms with van der Waals surface area (Å²) in [4.78, 5) is 0. The van der Waals surface area contributed by atoms with Gasteiger partial charge < -0.3 is 5.32 Å². The monoisotopic (exact) mass is 329 g/mol. The van der Waals surface area contributed by atoms with Crippen LogP contribution in [0.1, 0.15) is 39.7 Å². The van der Waals surface area contributed by atoms with Crippen LogP contribution >= 0.6 is 15.9 Å². The highest BCUT2D eigenvalue weighted by Gasteiger charge is 2.17. The average Bonchev–Trinajstić information content (AvgIpc) is 2.30. The predicted octanol–water partition coefficient (Wildman–Crippen LogP) is 4.79. The first kappa shape index (κ1) is 16.6. The normalized spacial score (nSPS) is 12.2. The van der Waals surface area contributed by atoms with Crippen LogP contribution in [0.25, 0.3) is 0 Å². The van der Waals surface area contributed by atoms with Gasteiger partial charge in [0, 0.05) is 6.54 Å². The summed E-state index contributed by atoms with van der Waals surface area (Å²) in [5.41, 5.74) is 1.45. The van der Waals surface area contributed by atoms with Gasteiger partial charge in [-0.05, 0) is 64.3 Å². The van der Waals surface area contributed by atoms with Crippen LogP contribution in [0.2, 0.25) is 0 Å². The summed E-state index contributed by atoms with van der Waals surface area (Å²) < 4.78 is 13.7. The number of benzene rings is 1. The molecule has 0 atom stereocenters. The first-order valence-corrected chi connectivity index (χ1v) is 7.74. The minimum absolute atomic E-state index is 0.193. The lowest BCUT2D eigenvalue weighted by molar-refractivity contribution is 0.308. The van der Waals surface area contributed by atoms with Crippen molar-refractivity contribution in [2.45, 2.75) is 40.5 Å². The minimum Gasteiger partial charge on any atom is -0.316 e. The number of nitrogens with one attached hydrogen (secondary N) is 1. The van der Waals surface area contributed by atoms with E-state index in [1.54, 1.807) is 0 Å². The Balaban J connectivity index is 2.43. The fourth-order valence-corrected chi connectivity index (χ4v) is 2.39. The van der Waals surface area contributed by atoms with Crippen LogP contribution in [-0.4, -0.2) is 13.1 Å². The molecule has 1 rings (SSSR count). The third kappa shape index (κ3) is 6.53. The van der Waals surface area contributed by atoms with E-state index in [0.29, 0.717) is 10.4 Å². The Bertz CT molecular complexity index is 402. The van der Waals surface area contributed by atoms with E-state index >= 15 is 0 Å². The third-order valence-corrected chi connectivity index (χ3v) is 3.84. The Labute approximate surface area is 125 Å². The molecule has 0 spiro atoms. The molecule has 19 heavy (non-hydrogen) atoms. The standard InChI is InChI=1S/C16H25BrFN/c1-12(2)10-19-11-16(3,4)8-7-13-5-6-15(18)14(17)9-13/h5-6,9,12,19H,7-8,10-11H2,1-4H3. The number of halogens is 2. The van der Waals surface area contributed by atoms with Gasteiger partial charge in [0.2, 0.25) is 0 Å². The molecule has 0 saturated heterocycles. The van der Waals surface area contributed by atoms with Gasteiger partial charge in [0.25, 0.3) is 0 Å². The molecule has 0 bridgehead atoms. The second kappa shape index (κ2) is 7.39. The van der Waals surface area contributed by atoms with Crippen LogP contribution in [-0.2, 0) is 6.42 Å². The van der Waals surface area contributed by atoms with Gasteiger partial charge in [0.15, 0.2) is 0 Å². The molecule has 0 radical (unpaired) electrons. The second-order valence-corrected chi connectivity index (χ2v) is 7.29. The highest BCUT2D eigenvalue weighted by atomic mass is 79.9. The summed E-state index contributed by atoms with van der Waals surface area (Å²) in [6, 6.07) is 5.29. The maximum absolute atomic E-state index is 13.2. The molecule has 1 nitrogen and oxygen atoms in total. The van der Waals surface area contributed by atoms with E-state index in [1.807, 2.05) is 12.1 Å². The molecule has 0 aliphatic rings. The quantitative estimate of drug-likeness (QED) is 0.758. The summed E-state index contributed by atoms with van der Waals surface area (Å²) >= 11 is 3.24. The summed E-state index contributed by atoms with van der Waals surface area (Å²) in [6.45, 7) is 11.1. The van der Waals surface area contributed by atoms with E-state index in [2.05, 4.69) is 48.9 Å². The molecule has 0 heterocycles. The maximum atomic E-state index is 13.2. The topological polar surface area (TPSA) is 12.0 Å². The summed E-state index contributed by atoms with van der Waals surface area (Å²) in [6.07, 6.45) is 2.07. The zero-order valence-corrected chi connectivity index (χ0v) is 14.0. The summed E-state index contributed by atoms with van der Waals surface area (Å²) in [5.74, 6) is 0.491.